The molecule has 1 amide bonds. The van der Waals surface area contributed by atoms with Gasteiger partial charge in [-0.05, 0) is 12.8 Å². The van der Waals surface area contributed by atoms with Crippen molar-refractivity contribution in [3.8, 4) is 0 Å². The molecule has 0 unspecified atom stereocenters. The molecular weight excluding hydrogens is 261 g/mol. The molecule has 0 bridgehead atoms. The number of amides is 1. The summed E-state index contributed by atoms with van der Waals surface area (Å²) in [5, 5.41) is 2.13. The molecule has 0 aromatic heterocycles. The molecule has 4 nitrogen and oxygen atoms in total. The van der Waals surface area contributed by atoms with Crippen LogP contribution in [0.1, 0.15) is 12.8 Å². The largest absolute Gasteiger partial charge is 0.381 e. The van der Waals surface area contributed by atoms with E-state index in [-0.39, 0.29) is 12.8 Å². The average Bonchev–Trinajstić information content (AvgIpc) is 2.36. The Hall–Kier alpha value is -1.60. The van der Waals surface area contributed by atoms with E-state index < -0.39 is 34.6 Å². The second kappa shape index (κ2) is 5.18. The molecule has 0 saturated carbocycles. The third-order valence-corrected chi connectivity index (χ3v) is 3.08. The van der Waals surface area contributed by atoms with Gasteiger partial charge in [0.15, 0.2) is 11.6 Å². The second-order valence-corrected chi connectivity index (χ2v) is 4.47. The summed E-state index contributed by atoms with van der Waals surface area (Å²) in [6.45, 7) is 0.619. The van der Waals surface area contributed by atoms with Gasteiger partial charge in [0.05, 0.1) is 5.69 Å². The quantitative estimate of drug-likeness (QED) is 0.804. The second-order valence-electron chi connectivity index (χ2n) is 4.47. The molecule has 0 spiro atoms. The number of hydrogen-bond acceptors (Lipinski definition) is 3. The number of carbonyl (C=O) groups is 1. The monoisotopic (exact) mass is 274 g/mol. The molecule has 7 heteroatoms. The predicted molar refractivity (Wildman–Crippen MR) is 61.9 cm³/mol. The Morgan fingerprint density at radius 3 is 2.53 bits per heavy atom. The van der Waals surface area contributed by atoms with Crippen molar-refractivity contribution >= 4 is 11.6 Å². The van der Waals surface area contributed by atoms with Gasteiger partial charge in [-0.1, -0.05) is 0 Å². The number of rotatable bonds is 2. The smallest absolute Gasteiger partial charge is 0.244 e. The topological polar surface area (TPSA) is 64.4 Å². The van der Waals surface area contributed by atoms with Crippen molar-refractivity contribution < 1.29 is 22.7 Å². The van der Waals surface area contributed by atoms with Crippen molar-refractivity contribution in [2.75, 3.05) is 18.5 Å². The van der Waals surface area contributed by atoms with Crippen molar-refractivity contribution in [1.29, 1.82) is 0 Å². The van der Waals surface area contributed by atoms with Crippen LogP contribution in [-0.2, 0) is 9.53 Å². The molecule has 104 valence electrons. The van der Waals surface area contributed by atoms with Crippen molar-refractivity contribution in [1.82, 2.24) is 0 Å². The minimum atomic E-state index is -1.37. The maximum Gasteiger partial charge on any atom is 0.244 e. The van der Waals surface area contributed by atoms with Crippen LogP contribution in [0.3, 0.4) is 0 Å². The number of hydrogen-bond donors (Lipinski definition) is 2. The van der Waals surface area contributed by atoms with E-state index in [1.54, 1.807) is 0 Å². The van der Waals surface area contributed by atoms with Crippen LogP contribution in [0.25, 0.3) is 0 Å². The van der Waals surface area contributed by atoms with E-state index in [1.165, 1.54) is 0 Å². The summed E-state index contributed by atoms with van der Waals surface area (Å²) in [6, 6.07) is 1.11. The van der Waals surface area contributed by atoms with Gasteiger partial charge in [-0.25, -0.2) is 13.2 Å². The lowest BCUT2D eigenvalue weighted by Crippen LogP contribution is -2.54. The van der Waals surface area contributed by atoms with Gasteiger partial charge < -0.3 is 15.8 Å². The Morgan fingerprint density at radius 1 is 1.26 bits per heavy atom. The maximum absolute atomic E-state index is 13.4. The number of ether oxygens (including phenoxy) is 1. The molecule has 1 saturated heterocycles. The summed E-state index contributed by atoms with van der Waals surface area (Å²) in [5.41, 5.74) is 4.10. The fourth-order valence-corrected chi connectivity index (χ4v) is 1.86. The van der Waals surface area contributed by atoms with E-state index in [0.717, 1.165) is 0 Å². The summed E-state index contributed by atoms with van der Waals surface area (Å²) >= 11 is 0. The van der Waals surface area contributed by atoms with E-state index in [0.29, 0.717) is 25.3 Å². The lowest BCUT2D eigenvalue weighted by atomic mass is 9.90. The van der Waals surface area contributed by atoms with Gasteiger partial charge in [-0.3, -0.25) is 4.79 Å². The molecule has 0 atom stereocenters. The van der Waals surface area contributed by atoms with Gasteiger partial charge in [0.1, 0.15) is 11.4 Å². The maximum atomic E-state index is 13.4. The highest BCUT2D eigenvalue weighted by atomic mass is 19.2. The molecule has 0 aliphatic carbocycles. The van der Waals surface area contributed by atoms with Gasteiger partial charge in [0, 0.05) is 25.3 Å². The summed E-state index contributed by atoms with van der Waals surface area (Å²) in [4.78, 5) is 12.0. The molecule has 1 aliphatic heterocycles. The first-order valence-electron chi connectivity index (χ1n) is 5.75. The highest BCUT2D eigenvalue weighted by molar-refractivity contribution is 5.98. The first kappa shape index (κ1) is 13.8. The zero-order chi connectivity index (χ0) is 14.0. The molecule has 1 aliphatic rings. The number of benzene rings is 1. The Bertz CT molecular complexity index is 502. The van der Waals surface area contributed by atoms with Crippen molar-refractivity contribution in [3.63, 3.8) is 0 Å². The lowest BCUT2D eigenvalue weighted by Gasteiger charge is -2.31. The molecule has 1 aromatic rings. The zero-order valence-electron chi connectivity index (χ0n) is 10.0. The number of anilines is 1. The number of nitrogens with one attached hydrogen (secondary N) is 1. The highest BCUT2D eigenvalue weighted by Crippen LogP contribution is 2.23. The van der Waals surface area contributed by atoms with Crippen LogP contribution in [0.15, 0.2) is 12.1 Å². The van der Waals surface area contributed by atoms with Gasteiger partial charge in [-0.2, -0.15) is 0 Å². The Kier molecular flexibility index (Phi) is 3.77. The Balaban J connectivity index is 2.19. The van der Waals surface area contributed by atoms with Gasteiger partial charge in [-0.15, -0.1) is 0 Å². The van der Waals surface area contributed by atoms with Crippen molar-refractivity contribution in [2.45, 2.75) is 18.4 Å². The third-order valence-electron chi connectivity index (χ3n) is 3.08. The molecule has 2 rings (SSSR count). The van der Waals surface area contributed by atoms with Crippen molar-refractivity contribution in [3.05, 3.63) is 29.6 Å². The van der Waals surface area contributed by atoms with Crippen LogP contribution in [0.4, 0.5) is 18.9 Å². The lowest BCUT2D eigenvalue weighted by molar-refractivity contribution is -0.124. The molecule has 19 heavy (non-hydrogen) atoms. The average molecular weight is 274 g/mol. The first-order valence-corrected chi connectivity index (χ1v) is 5.75. The van der Waals surface area contributed by atoms with Crippen LogP contribution < -0.4 is 11.1 Å². The van der Waals surface area contributed by atoms with Crippen LogP contribution in [-0.4, -0.2) is 24.7 Å². The van der Waals surface area contributed by atoms with E-state index in [1.807, 2.05) is 0 Å². The van der Waals surface area contributed by atoms with Gasteiger partial charge >= 0.3 is 0 Å². The summed E-state index contributed by atoms with van der Waals surface area (Å²) < 4.78 is 44.5. The summed E-state index contributed by atoms with van der Waals surface area (Å²) in [7, 11) is 0. The summed E-state index contributed by atoms with van der Waals surface area (Å²) in [5.74, 6) is -4.34. The molecule has 0 radical (unpaired) electrons. The number of halogens is 3. The van der Waals surface area contributed by atoms with Crippen LogP contribution >= 0.6 is 0 Å². The van der Waals surface area contributed by atoms with Crippen LogP contribution in [0.2, 0.25) is 0 Å². The number of nitrogens with two attached hydrogens (primary N) is 1. The standard InChI is InChI=1S/C12H13F3N2O2/c13-7-5-8(14)10(15)9(6-7)17-11(18)12(16)1-3-19-4-2-12/h5-6H,1-4,16H2,(H,17,18). The molecule has 1 fully saturated rings. The fraction of sp³-hybridized carbons (Fsp3) is 0.417. The normalized spacial score (nSPS) is 18.1. The predicted octanol–water partition coefficient (Wildman–Crippen LogP) is 1.55. The van der Waals surface area contributed by atoms with E-state index in [9.17, 15) is 18.0 Å². The van der Waals surface area contributed by atoms with Crippen LogP contribution in [0, 0.1) is 17.5 Å². The molecule has 1 heterocycles. The van der Waals surface area contributed by atoms with Gasteiger partial charge in [0.2, 0.25) is 5.91 Å². The molecule has 3 N–H and O–H groups in total. The molecule has 1 aromatic carbocycles. The molecular formula is C12H13F3N2O2. The minimum Gasteiger partial charge on any atom is -0.381 e. The van der Waals surface area contributed by atoms with Gasteiger partial charge in [0.25, 0.3) is 0 Å². The van der Waals surface area contributed by atoms with E-state index in [2.05, 4.69) is 5.32 Å². The minimum absolute atomic E-state index is 0.262. The Morgan fingerprint density at radius 2 is 1.89 bits per heavy atom. The zero-order valence-corrected chi connectivity index (χ0v) is 10.0. The van der Waals surface area contributed by atoms with E-state index in [4.69, 9.17) is 10.5 Å². The van der Waals surface area contributed by atoms with Crippen LogP contribution in [0.5, 0.6) is 0 Å². The Labute approximate surface area is 107 Å². The highest BCUT2D eigenvalue weighted by Gasteiger charge is 2.36. The SMILES string of the molecule is NC1(C(=O)Nc2cc(F)cc(F)c2F)CCOCC1. The first-order chi connectivity index (χ1) is 8.92. The number of carbonyl (C=O) groups excluding carboxylic acids is 1. The van der Waals surface area contributed by atoms with E-state index >= 15 is 0 Å². The van der Waals surface area contributed by atoms with Crippen molar-refractivity contribution in [2.24, 2.45) is 5.73 Å². The fourth-order valence-electron chi connectivity index (χ4n) is 1.86. The third kappa shape index (κ3) is 2.87. The summed E-state index contributed by atoms with van der Waals surface area (Å²) in [6.07, 6.45) is 0.524.